The van der Waals surface area contributed by atoms with Gasteiger partial charge in [-0.1, -0.05) is 6.42 Å². The zero-order valence-corrected chi connectivity index (χ0v) is 14.1. The van der Waals surface area contributed by atoms with Crippen LogP contribution >= 0.6 is 11.8 Å². The molecule has 4 nitrogen and oxygen atoms in total. The van der Waals surface area contributed by atoms with E-state index in [1.807, 2.05) is 11.8 Å². The van der Waals surface area contributed by atoms with Crippen LogP contribution in [0, 0.1) is 0 Å². The van der Waals surface area contributed by atoms with Gasteiger partial charge in [-0.2, -0.15) is 11.8 Å². The number of hydrogen-bond donors (Lipinski definition) is 2. The summed E-state index contributed by atoms with van der Waals surface area (Å²) in [7, 11) is 0. The second-order valence-electron chi connectivity index (χ2n) is 5.29. The van der Waals surface area contributed by atoms with E-state index in [-0.39, 0.29) is 0 Å². The molecule has 0 unspecified atom stereocenters. The fourth-order valence-corrected chi connectivity index (χ4v) is 2.90. The SMILES string of the molecule is CCNC(=NCCCCSC)NCCN1CCCCC1. The number of likely N-dealkylation sites (tertiary alicyclic amines) is 1. The van der Waals surface area contributed by atoms with Crippen LogP contribution < -0.4 is 10.6 Å². The molecule has 0 spiro atoms. The molecule has 1 aliphatic heterocycles. The molecule has 0 atom stereocenters. The smallest absolute Gasteiger partial charge is 0.191 e. The summed E-state index contributed by atoms with van der Waals surface area (Å²) in [5, 5.41) is 6.78. The second-order valence-corrected chi connectivity index (χ2v) is 6.28. The molecular weight excluding hydrogens is 268 g/mol. The van der Waals surface area contributed by atoms with E-state index in [1.165, 1.54) is 50.9 Å². The molecule has 1 rings (SSSR count). The van der Waals surface area contributed by atoms with Crippen molar-refractivity contribution in [2.24, 2.45) is 4.99 Å². The van der Waals surface area contributed by atoms with E-state index < -0.39 is 0 Å². The van der Waals surface area contributed by atoms with Crippen molar-refractivity contribution >= 4 is 17.7 Å². The third-order valence-corrected chi connectivity index (χ3v) is 4.24. The summed E-state index contributed by atoms with van der Waals surface area (Å²) in [5.41, 5.74) is 0. The van der Waals surface area contributed by atoms with E-state index in [0.29, 0.717) is 0 Å². The lowest BCUT2D eigenvalue weighted by Crippen LogP contribution is -2.42. The number of piperidine rings is 1. The molecule has 0 saturated carbocycles. The van der Waals surface area contributed by atoms with Crippen LogP contribution in [0.15, 0.2) is 4.99 Å². The van der Waals surface area contributed by atoms with Crippen LogP contribution in [0.1, 0.15) is 39.0 Å². The molecular formula is C15H32N4S. The summed E-state index contributed by atoms with van der Waals surface area (Å²) < 4.78 is 0. The summed E-state index contributed by atoms with van der Waals surface area (Å²) in [6.07, 6.45) is 8.74. The molecule has 0 aliphatic carbocycles. The predicted octanol–water partition coefficient (Wildman–Crippen LogP) is 2.17. The molecule has 2 N–H and O–H groups in total. The van der Waals surface area contributed by atoms with E-state index in [0.717, 1.165) is 32.1 Å². The first kappa shape index (κ1) is 17.6. The number of thioether (sulfide) groups is 1. The van der Waals surface area contributed by atoms with E-state index >= 15 is 0 Å². The van der Waals surface area contributed by atoms with Crippen LogP contribution in [0.2, 0.25) is 0 Å². The number of nitrogens with one attached hydrogen (secondary N) is 2. The number of guanidine groups is 1. The quantitative estimate of drug-likeness (QED) is 0.389. The van der Waals surface area contributed by atoms with Gasteiger partial charge in [-0.15, -0.1) is 0 Å². The van der Waals surface area contributed by atoms with Gasteiger partial charge in [-0.25, -0.2) is 0 Å². The maximum atomic E-state index is 4.63. The lowest BCUT2D eigenvalue weighted by atomic mass is 10.1. The molecule has 0 radical (unpaired) electrons. The molecule has 20 heavy (non-hydrogen) atoms. The van der Waals surface area contributed by atoms with Gasteiger partial charge in [0, 0.05) is 26.2 Å². The van der Waals surface area contributed by atoms with Gasteiger partial charge in [0.05, 0.1) is 0 Å². The summed E-state index contributed by atoms with van der Waals surface area (Å²) in [5.74, 6) is 2.22. The van der Waals surface area contributed by atoms with Crippen molar-refractivity contribution in [3.8, 4) is 0 Å². The minimum atomic E-state index is 0.930. The maximum absolute atomic E-state index is 4.63. The Kier molecular flexibility index (Phi) is 10.9. The highest BCUT2D eigenvalue weighted by atomic mass is 32.2. The molecule has 118 valence electrons. The van der Waals surface area contributed by atoms with E-state index in [1.54, 1.807) is 0 Å². The van der Waals surface area contributed by atoms with Crippen molar-refractivity contribution in [3.63, 3.8) is 0 Å². The van der Waals surface area contributed by atoms with Crippen molar-refractivity contribution in [1.82, 2.24) is 15.5 Å². The molecule has 1 heterocycles. The molecule has 0 amide bonds. The van der Waals surface area contributed by atoms with E-state index in [9.17, 15) is 0 Å². The number of hydrogen-bond acceptors (Lipinski definition) is 3. The molecule has 5 heteroatoms. The normalized spacial score (nSPS) is 17.2. The maximum Gasteiger partial charge on any atom is 0.191 e. The Labute approximate surface area is 129 Å². The van der Waals surface area contributed by atoms with Crippen molar-refractivity contribution in [2.45, 2.75) is 39.0 Å². The highest BCUT2D eigenvalue weighted by molar-refractivity contribution is 7.98. The topological polar surface area (TPSA) is 39.7 Å². The third kappa shape index (κ3) is 8.69. The van der Waals surface area contributed by atoms with Gasteiger partial charge in [0.1, 0.15) is 0 Å². The third-order valence-electron chi connectivity index (χ3n) is 3.54. The molecule has 1 fully saturated rings. The molecule has 0 bridgehead atoms. The van der Waals surface area contributed by atoms with E-state index in [4.69, 9.17) is 0 Å². The van der Waals surface area contributed by atoms with Crippen LogP contribution in [-0.2, 0) is 0 Å². The van der Waals surface area contributed by atoms with Crippen LogP contribution in [0.4, 0.5) is 0 Å². The first-order chi connectivity index (χ1) is 9.86. The highest BCUT2D eigenvalue weighted by Crippen LogP contribution is 2.07. The first-order valence-corrected chi connectivity index (χ1v) is 9.49. The zero-order chi connectivity index (χ0) is 14.5. The lowest BCUT2D eigenvalue weighted by molar-refractivity contribution is 0.232. The zero-order valence-electron chi connectivity index (χ0n) is 13.3. The minimum absolute atomic E-state index is 0.930. The molecule has 0 aromatic rings. The average Bonchev–Trinajstić information content (AvgIpc) is 2.48. The summed E-state index contributed by atoms with van der Waals surface area (Å²) in [6, 6.07) is 0. The monoisotopic (exact) mass is 300 g/mol. The number of unbranched alkanes of at least 4 members (excludes halogenated alkanes) is 1. The Morgan fingerprint density at radius 1 is 1.15 bits per heavy atom. The van der Waals surface area contributed by atoms with Crippen LogP contribution in [0.5, 0.6) is 0 Å². The Hall–Kier alpha value is -0.420. The Balaban J connectivity index is 2.14. The largest absolute Gasteiger partial charge is 0.357 e. The van der Waals surface area contributed by atoms with Crippen LogP contribution in [0.25, 0.3) is 0 Å². The highest BCUT2D eigenvalue weighted by Gasteiger charge is 2.09. The van der Waals surface area contributed by atoms with Crippen molar-refractivity contribution in [2.75, 3.05) is 51.3 Å². The molecule has 1 aliphatic rings. The van der Waals surface area contributed by atoms with Crippen molar-refractivity contribution in [3.05, 3.63) is 0 Å². The van der Waals surface area contributed by atoms with Gasteiger partial charge in [0.25, 0.3) is 0 Å². The molecule has 1 saturated heterocycles. The fraction of sp³-hybridized carbons (Fsp3) is 0.933. The Morgan fingerprint density at radius 3 is 2.65 bits per heavy atom. The minimum Gasteiger partial charge on any atom is -0.357 e. The number of nitrogens with zero attached hydrogens (tertiary/aromatic N) is 2. The van der Waals surface area contributed by atoms with E-state index in [2.05, 4.69) is 33.7 Å². The summed E-state index contributed by atoms with van der Waals surface area (Å²) >= 11 is 1.92. The van der Waals surface area contributed by atoms with Crippen LogP contribution in [-0.4, -0.2) is 62.1 Å². The van der Waals surface area contributed by atoms with Gasteiger partial charge in [-0.3, -0.25) is 4.99 Å². The standard InChI is InChI=1S/C15H32N4S/c1-3-16-15(17-9-5-8-14-20-2)18-10-13-19-11-6-4-7-12-19/h3-14H2,1-2H3,(H2,16,17,18). The lowest BCUT2D eigenvalue weighted by Gasteiger charge is -2.26. The van der Waals surface area contributed by atoms with Crippen LogP contribution in [0.3, 0.4) is 0 Å². The Bertz CT molecular complexity index is 252. The van der Waals surface area contributed by atoms with Gasteiger partial charge in [0.15, 0.2) is 5.96 Å². The van der Waals surface area contributed by atoms with Gasteiger partial charge in [-0.05, 0) is 57.7 Å². The molecule has 0 aromatic heterocycles. The summed E-state index contributed by atoms with van der Waals surface area (Å²) in [4.78, 5) is 7.19. The summed E-state index contributed by atoms with van der Waals surface area (Å²) in [6.45, 7) is 8.65. The molecule has 0 aromatic carbocycles. The van der Waals surface area contributed by atoms with Crippen molar-refractivity contribution in [1.29, 1.82) is 0 Å². The van der Waals surface area contributed by atoms with Gasteiger partial charge < -0.3 is 15.5 Å². The Morgan fingerprint density at radius 2 is 1.95 bits per heavy atom. The van der Waals surface area contributed by atoms with Crippen molar-refractivity contribution < 1.29 is 0 Å². The van der Waals surface area contributed by atoms with Gasteiger partial charge >= 0.3 is 0 Å². The second kappa shape index (κ2) is 12.3. The fourth-order valence-electron chi connectivity index (χ4n) is 2.41. The predicted molar refractivity (Wildman–Crippen MR) is 91.9 cm³/mol. The average molecular weight is 301 g/mol. The number of rotatable bonds is 9. The van der Waals surface area contributed by atoms with Gasteiger partial charge in [0.2, 0.25) is 0 Å². The number of aliphatic imine (C=N–C) groups is 1. The first-order valence-electron chi connectivity index (χ1n) is 8.10.